The van der Waals surface area contributed by atoms with E-state index in [1.807, 2.05) is 30.4 Å². The number of hydrogen-bond acceptors (Lipinski definition) is 2. The maximum absolute atomic E-state index is 3.93. The summed E-state index contributed by atoms with van der Waals surface area (Å²) in [4.78, 5) is 8.21. The molecule has 0 bridgehead atoms. The fraction of sp³-hybridized carbons (Fsp3) is 0.241. The van der Waals surface area contributed by atoms with Crippen LogP contribution in [0.4, 0.5) is 0 Å². The zero-order chi connectivity index (χ0) is 23.6. The van der Waals surface area contributed by atoms with Gasteiger partial charge in [0.05, 0.1) is 6.04 Å². The van der Waals surface area contributed by atoms with E-state index in [1.54, 1.807) is 0 Å². The average molecular weight is 516 g/mol. The summed E-state index contributed by atoms with van der Waals surface area (Å²) in [6.07, 6.45) is 8.98. The van der Waals surface area contributed by atoms with Crippen LogP contribution in [0.3, 0.4) is 0 Å². The second kappa shape index (κ2) is 12.8. The first-order valence-corrected chi connectivity index (χ1v) is 12.6. The Morgan fingerprint density at radius 1 is 0.818 bits per heavy atom. The summed E-state index contributed by atoms with van der Waals surface area (Å²) < 4.78 is 1.31. The SMILES string of the molecule is C=CCN(CC=C)C1Cc2ccccc2C1N(CC=C)CC=C.[Zr][c]1cc2ccccc2[nH]1. The molecule has 4 rings (SSSR count). The number of rotatable bonds is 10. The monoisotopic (exact) mass is 514 g/mol. The molecule has 2 atom stereocenters. The fourth-order valence-corrected chi connectivity index (χ4v) is 5.42. The average Bonchev–Trinajstić information content (AvgIpc) is 3.39. The first kappa shape index (κ1) is 25.4. The second-order valence-electron chi connectivity index (χ2n) is 8.25. The molecule has 0 saturated heterocycles. The number of para-hydroxylation sites is 1. The second-order valence-corrected chi connectivity index (χ2v) is 9.57. The Hall–Kier alpha value is -2.26. The number of H-pyrrole nitrogens is 1. The molecule has 0 fully saturated rings. The molecular formula is C29H34N3Zr. The molecule has 33 heavy (non-hydrogen) atoms. The summed E-state index contributed by atoms with van der Waals surface area (Å²) in [5.74, 6) is 0. The number of nitrogens with one attached hydrogen (secondary N) is 1. The standard InChI is InChI=1S/C21H28N2.C8H6N.Zr/c1-5-13-22(14-6-2)20-17-18-11-9-10-12-19(18)21(20)23(15-7-3)16-8-4;1-2-4-8-7(3-1)5-6-9-8;/h5-12,20-21H,1-4,13-17H2;1-5,9H;. The van der Waals surface area contributed by atoms with Crippen molar-refractivity contribution in [2.45, 2.75) is 18.5 Å². The van der Waals surface area contributed by atoms with Crippen molar-refractivity contribution in [3.63, 3.8) is 0 Å². The van der Waals surface area contributed by atoms with Gasteiger partial charge in [-0.25, -0.2) is 0 Å². The molecule has 0 radical (unpaired) electrons. The van der Waals surface area contributed by atoms with Gasteiger partial charge in [-0.2, -0.15) is 0 Å². The van der Waals surface area contributed by atoms with E-state index < -0.39 is 0 Å². The summed E-state index contributed by atoms with van der Waals surface area (Å²) in [7, 11) is 0. The van der Waals surface area contributed by atoms with Crippen molar-refractivity contribution >= 4 is 14.3 Å². The minimum atomic E-state index is 0.349. The van der Waals surface area contributed by atoms with Crippen LogP contribution in [-0.4, -0.2) is 47.0 Å². The van der Waals surface area contributed by atoms with Crippen LogP contribution in [0.5, 0.6) is 0 Å². The molecule has 1 N–H and O–H groups in total. The van der Waals surface area contributed by atoms with Crippen molar-refractivity contribution in [2.24, 2.45) is 0 Å². The van der Waals surface area contributed by atoms with E-state index in [-0.39, 0.29) is 0 Å². The third-order valence-corrected chi connectivity index (χ3v) is 6.68. The van der Waals surface area contributed by atoms with E-state index in [1.165, 1.54) is 50.2 Å². The van der Waals surface area contributed by atoms with Crippen LogP contribution in [0.25, 0.3) is 10.9 Å². The van der Waals surface area contributed by atoms with Gasteiger partial charge >= 0.3 is 74.3 Å². The van der Waals surface area contributed by atoms with Gasteiger partial charge in [-0.3, -0.25) is 9.80 Å². The van der Waals surface area contributed by atoms with Gasteiger partial charge in [0.2, 0.25) is 0 Å². The number of aromatic nitrogens is 1. The van der Waals surface area contributed by atoms with Crippen molar-refractivity contribution in [2.75, 3.05) is 26.2 Å². The molecule has 1 aromatic heterocycles. The van der Waals surface area contributed by atoms with Gasteiger partial charge in [-0.1, -0.05) is 48.6 Å². The molecule has 0 aliphatic heterocycles. The van der Waals surface area contributed by atoms with Gasteiger partial charge in [-0.15, -0.1) is 26.3 Å². The van der Waals surface area contributed by atoms with Gasteiger partial charge in [0.15, 0.2) is 0 Å². The first-order chi connectivity index (χ1) is 16.1. The Balaban J connectivity index is 0.000000252. The van der Waals surface area contributed by atoms with Crippen LogP contribution in [0, 0.1) is 0 Å². The van der Waals surface area contributed by atoms with Crippen LogP contribution >= 0.6 is 0 Å². The molecule has 3 nitrogen and oxygen atoms in total. The molecule has 2 aromatic carbocycles. The molecule has 2 unspecified atom stereocenters. The molecule has 1 aliphatic rings. The predicted octanol–water partition coefficient (Wildman–Crippen LogP) is 5.34. The van der Waals surface area contributed by atoms with E-state index in [4.69, 9.17) is 0 Å². The molecular weight excluding hydrogens is 482 g/mol. The number of nitrogens with zero attached hydrogens (tertiary/aromatic N) is 2. The minimum absolute atomic E-state index is 0.349. The van der Waals surface area contributed by atoms with Gasteiger partial charge in [0.1, 0.15) is 0 Å². The van der Waals surface area contributed by atoms with Crippen molar-refractivity contribution in [3.05, 3.63) is 116 Å². The molecule has 169 valence electrons. The zero-order valence-electron chi connectivity index (χ0n) is 19.4. The quantitative estimate of drug-likeness (QED) is 0.368. The van der Waals surface area contributed by atoms with Crippen LogP contribution in [0.2, 0.25) is 0 Å². The van der Waals surface area contributed by atoms with E-state index >= 15 is 0 Å². The van der Waals surface area contributed by atoms with Gasteiger partial charge in [-0.05, 0) is 17.5 Å². The van der Waals surface area contributed by atoms with Crippen molar-refractivity contribution in [3.8, 4) is 0 Å². The fourth-order valence-electron chi connectivity index (χ4n) is 4.71. The molecule has 1 aliphatic carbocycles. The number of aromatic amines is 1. The molecule has 1 heterocycles. The van der Waals surface area contributed by atoms with Gasteiger partial charge in [0.25, 0.3) is 0 Å². The van der Waals surface area contributed by atoms with Crippen LogP contribution in [0.15, 0.2) is 105 Å². The van der Waals surface area contributed by atoms with Crippen LogP contribution < -0.4 is 3.40 Å². The Bertz CT molecular complexity index is 1030. The maximum atomic E-state index is 3.93. The van der Waals surface area contributed by atoms with Gasteiger partial charge in [0, 0.05) is 32.2 Å². The van der Waals surface area contributed by atoms with Crippen molar-refractivity contribution in [1.29, 1.82) is 0 Å². The third kappa shape index (κ3) is 6.41. The number of fused-ring (bicyclic) bond motifs is 2. The predicted molar refractivity (Wildman–Crippen MR) is 139 cm³/mol. The molecule has 3 aromatic rings. The topological polar surface area (TPSA) is 22.3 Å². The summed E-state index contributed by atoms with van der Waals surface area (Å²) in [5, 5.41) is 1.31. The Morgan fingerprint density at radius 2 is 1.39 bits per heavy atom. The summed E-state index contributed by atoms with van der Waals surface area (Å²) in [5.41, 5.74) is 4.12. The number of benzene rings is 2. The van der Waals surface area contributed by atoms with Crippen molar-refractivity contribution in [1.82, 2.24) is 14.8 Å². The number of hydrogen-bond donors (Lipinski definition) is 1. The van der Waals surface area contributed by atoms with E-state index in [0.29, 0.717) is 12.1 Å². The van der Waals surface area contributed by atoms with E-state index in [9.17, 15) is 0 Å². The van der Waals surface area contributed by atoms with Crippen LogP contribution in [-0.2, 0) is 31.1 Å². The van der Waals surface area contributed by atoms with E-state index in [0.717, 1.165) is 32.6 Å². The van der Waals surface area contributed by atoms with Crippen LogP contribution in [0.1, 0.15) is 17.2 Å². The Kier molecular flexibility index (Phi) is 9.87. The first-order valence-electron chi connectivity index (χ1n) is 11.4. The van der Waals surface area contributed by atoms with Crippen molar-refractivity contribution < 1.29 is 24.7 Å². The molecule has 0 spiro atoms. The summed E-state index contributed by atoms with van der Waals surface area (Å²) >= 11 is 1.45. The molecule has 0 amide bonds. The molecule has 4 heteroatoms. The zero-order valence-corrected chi connectivity index (χ0v) is 21.9. The summed E-state index contributed by atoms with van der Waals surface area (Å²) in [6, 6.07) is 20.1. The Labute approximate surface area is 214 Å². The third-order valence-electron chi connectivity index (χ3n) is 6.01. The molecule has 0 saturated carbocycles. The Morgan fingerprint density at radius 3 is 2.03 bits per heavy atom. The normalized spacial score (nSPS) is 16.8. The summed E-state index contributed by atoms with van der Waals surface area (Å²) in [6.45, 7) is 19.2. The van der Waals surface area contributed by atoms with E-state index in [2.05, 4.69) is 89.6 Å². The van der Waals surface area contributed by atoms with Gasteiger partial charge < -0.3 is 0 Å².